The van der Waals surface area contributed by atoms with Gasteiger partial charge in [0.05, 0.1) is 10.0 Å². The molecule has 0 saturated carbocycles. The van der Waals surface area contributed by atoms with Crippen LogP contribution in [0.3, 0.4) is 0 Å². The number of aryl methyl sites for hydroxylation is 2. The first-order chi connectivity index (χ1) is 15.9. The third kappa shape index (κ3) is 5.39. The average molecular weight is 489 g/mol. The molecule has 2 saturated heterocycles. The fourth-order valence-electron chi connectivity index (χ4n) is 4.80. The van der Waals surface area contributed by atoms with Gasteiger partial charge < -0.3 is 4.90 Å². The number of amides is 1. The zero-order valence-electron chi connectivity index (χ0n) is 19.2. The van der Waals surface area contributed by atoms with Crippen molar-refractivity contribution in [2.24, 2.45) is 5.92 Å². The molecule has 4 rings (SSSR count). The lowest BCUT2D eigenvalue weighted by atomic mass is 9.89. The number of likely N-dealkylation sites (tertiary alicyclic amines) is 2. The van der Waals surface area contributed by atoms with E-state index in [9.17, 15) is 9.59 Å². The lowest BCUT2D eigenvalue weighted by Gasteiger charge is -2.46. The average Bonchev–Trinajstić information content (AvgIpc) is 2.79. The van der Waals surface area contributed by atoms with Crippen LogP contribution in [-0.4, -0.2) is 63.7 Å². The smallest absolute Gasteiger partial charge is 0.272 e. The molecule has 8 heteroatoms. The SMILES string of the molecule is CCC(=O)C1CN(C2CCN(C(=O)c3ncnc(CCc4ccc(Cl)c(Cl)c4)c3C)CC2)C1. The molecule has 3 heterocycles. The molecule has 176 valence electrons. The van der Waals surface area contributed by atoms with Crippen molar-refractivity contribution in [3.63, 3.8) is 0 Å². The van der Waals surface area contributed by atoms with E-state index in [2.05, 4.69) is 14.9 Å². The molecule has 0 bridgehead atoms. The van der Waals surface area contributed by atoms with Gasteiger partial charge >= 0.3 is 0 Å². The summed E-state index contributed by atoms with van der Waals surface area (Å²) in [6.07, 6.45) is 5.44. The second-order valence-corrected chi connectivity index (χ2v) is 9.85. The maximum absolute atomic E-state index is 13.2. The summed E-state index contributed by atoms with van der Waals surface area (Å²) in [6.45, 7) is 7.04. The Balaban J connectivity index is 1.33. The first-order valence-electron chi connectivity index (χ1n) is 11.7. The predicted octanol–water partition coefficient (Wildman–Crippen LogP) is 4.39. The second kappa shape index (κ2) is 10.5. The molecule has 0 aliphatic carbocycles. The maximum Gasteiger partial charge on any atom is 0.272 e. The molecule has 1 aromatic carbocycles. The third-order valence-corrected chi connectivity index (χ3v) is 7.75. The minimum absolute atomic E-state index is 0.0215. The molecule has 0 spiro atoms. The minimum Gasteiger partial charge on any atom is -0.337 e. The Morgan fingerprint density at radius 2 is 1.79 bits per heavy atom. The number of hydrogen-bond donors (Lipinski definition) is 0. The minimum atomic E-state index is -0.0215. The Bertz CT molecular complexity index is 1030. The number of hydrogen-bond acceptors (Lipinski definition) is 5. The summed E-state index contributed by atoms with van der Waals surface area (Å²) < 4.78 is 0. The largest absolute Gasteiger partial charge is 0.337 e. The molecule has 2 fully saturated rings. The van der Waals surface area contributed by atoms with Gasteiger partial charge in [-0.1, -0.05) is 36.2 Å². The Morgan fingerprint density at radius 1 is 1.06 bits per heavy atom. The van der Waals surface area contributed by atoms with Gasteiger partial charge in [0, 0.05) is 55.8 Å². The highest BCUT2D eigenvalue weighted by molar-refractivity contribution is 6.42. The molecule has 0 unspecified atom stereocenters. The van der Waals surface area contributed by atoms with Crippen molar-refractivity contribution in [3.05, 3.63) is 57.1 Å². The number of piperidine rings is 1. The molecule has 6 nitrogen and oxygen atoms in total. The highest BCUT2D eigenvalue weighted by Crippen LogP contribution is 2.27. The second-order valence-electron chi connectivity index (χ2n) is 9.04. The van der Waals surface area contributed by atoms with Gasteiger partial charge in [0.2, 0.25) is 0 Å². The van der Waals surface area contributed by atoms with Crippen molar-refractivity contribution in [3.8, 4) is 0 Å². The summed E-state index contributed by atoms with van der Waals surface area (Å²) >= 11 is 12.1. The number of benzene rings is 1. The Hall–Kier alpha value is -2.02. The molecular weight excluding hydrogens is 459 g/mol. The van der Waals surface area contributed by atoms with Gasteiger partial charge in [-0.2, -0.15) is 0 Å². The zero-order valence-corrected chi connectivity index (χ0v) is 20.7. The van der Waals surface area contributed by atoms with E-state index in [1.54, 1.807) is 6.07 Å². The Morgan fingerprint density at radius 3 is 2.45 bits per heavy atom. The molecule has 0 radical (unpaired) electrons. The van der Waals surface area contributed by atoms with E-state index in [-0.39, 0.29) is 11.8 Å². The number of aromatic nitrogens is 2. The summed E-state index contributed by atoms with van der Waals surface area (Å²) in [5.74, 6) is 0.556. The molecule has 2 aliphatic heterocycles. The van der Waals surface area contributed by atoms with Crippen LogP contribution < -0.4 is 0 Å². The third-order valence-electron chi connectivity index (χ3n) is 7.01. The molecule has 1 aromatic heterocycles. The zero-order chi connectivity index (χ0) is 23.5. The highest BCUT2D eigenvalue weighted by atomic mass is 35.5. The van der Waals surface area contributed by atoms with E-state index in [4.69, 9.17) is 23.2 Å². The van der Waals surface area contributed by atoms with E-state index >= 15 is 0 Å². The van der Waals surface area contributed by atoms with E-state index in [1.807, 2.05) is 30.9 Å². The molecule has 33 heavy (non-hydrogen) atoms. The Labute approximate surface area is 205 Å². The van der Waals surface area contributed by atoms with Crippen LogP contribution in [0.4, 0.5) is 0 Å². The van der Waals surface area contributed by atoms with Crippen molar-refractivity contribution in [2.45, 2.75) is 52.0 Å². The van der Waals surface area contributed by atoms with Crippen molar-refractivity contribution in [1.29, 1.82) is 0 Å². The topological polar surface area (TPSA) is 66.4 Å². The lowest BCUT2D eigenvalue weighted by molar-refractivity contribution is -0.129. The van der Waals surface area contributed by atoms with Crippen LogP contribution in [0, 0.1) is 12.8 Å². The van der Waals surface area contributed by atoms with Crippen molar-refractivity contribution in [1.82, 2.24) is 19.8 Å². The monoisotopic (exact) mass is 488 g/mol. The number of carbonyl (C=O) groups is 2. The van der Waals surface area contributed by atoms with Gasteiger partial charge in [-0.25, -0.2) is 9.97 Å². The van der Waals surface area contributed by atoms with E-state index in [0.29, 0.717) is 53.5 Å². The van der Waals surface area contributed by atoms with Gasteiger partial charge in [0.25, 0.3) is 5.91 Å². The number of halogens is 2. The maximum atomic E-state index is 13.2. The van der Waals surface area contributed by atoms with Crippen molar-refractivity contribution >= 4 is 34.9 Å². The predicted molar refractivity (Wildman–Crippen MR) is 130 cm³/mol. The quantitative estimate of drug-likeness (QED) is 0.577. The molecule has 0 atom stereocenters. The van der Waals surface area contributed by atoms with Crippen LogP contribution in [0.5, 0.6) is 0 Å². The number of carbonyl (C=O) groups excluding carboxylic acids is 2. The van der Waals surface area contributed by atoms with Crippen LogP contribution in [0.1, 0.15) is 53.5 Å². The number of ketones is 1. The first kappa shape index (κ1) is 24.1. The molecular formula is C25H30Cl2N4O2. The Kier molecular flexibility index (Phi) is 7.67. The molecule has 0 N–H and O–H groups in total. The van der Waals surface area contributed by atoms with Crippen LogP contribution in [0.2, 0.25) is 10.0 Å². The number of nitrogens with zero attached hydrogens (tertiary/aromatic N) is 4. The van der Waals surface area contributed by atoms with E-state index in [1.165, 1.54) is 6.33 Å². The lowest BCUT2D eigenvalue weighted by Crippen LogP contribution is -2.57. The molecule has 2 aliphatic rings. The normalized spacial score (nSPS) is 17.8. The van der Waals surface area contributed by atoms with Gasteiger partial charge in [-0.05, 0) is 50.3 Å². The van der Waals surface area contributed by atoms with Gasteiger partial charge in [0.15, 0.2) is 0 Å². The van der Waals surface area contributed by atoms with Crippen LogP contribution in [0.25, 0.3) is 0 Å². The van der Waals surface area contributed by atoms with E-state index in [0.717, 1.165) is 49.2 Å². The van der Waals surface area contributed by atoms with Gasteiger partial charge in [-0.15, -0.1) is 0 Å². The van der Waals surface area contributed by atoms with Crippen LogP contribution in [0.15, 0.2) is 24.5 Å². The number of rotatable bonds is 7. The van der Waals surface area contributed by atoms with Crippen molar-refractivity contribution in [2.75, 3.05) is 26.2 Å². The fourth-order valence-corrected chi connectivity index (χ4v) is 5.12. The summed E-state index contributed by atoms with van der Waals surface area (Å²) in [5, 5.41) is 1.08. The highest BCUT2D eigenvalue weighted by Gasteiger charge is 2.37. The summed E-state index contributed by atoms with van der Waals surface area (Å²) in [6, 6.07) is 6.09. The summed E-state index contributed by atoms with van der Waals surface area (Å²) in [4.78, 5) is 38.1. The summed E-state index contributed by atoms with van der Waals surface area (Å²) in [7, 11) is 0. The van der Waals surface area contributed by atoms with Gasteiger partial charge in [-0.3, -0.25) is 14.5 Å². The van der Waals surface area contributed by atoms with E-state index < -0.39 is 0 Å². The standard InChI is InChI=1S/C25H30Cl2N4O2/c1-3-23(32)18-13-31(14-18)19-8-10-30(11-9-19)25(33)24-16(2)22(28-15-29-24)7-5-17-4-6-20(26)21(27)12-17/h4,6,12,15,18-19H,3,5,7-11,13-14H2,1-2H3. The molecule has 2 aromatic rings. The van der Waals surface area contributed by atoms with Crippen LogP contribution >= 0.6 is 23.2 Å². The summed E-state index contributed by atoms with van der Waals surface area (Å²) in [5.41, 5.74) is 3.28. The van der Waals surface area contributed by atoms with Crippen molar-refractivity contribution < 1.29 is 9.59 Å². The number of Topliss-reactive ketones (excluding diaryl/α,β-unsaturated/α-hetero) is 1. The van der Waals surface area contributed by atoms with Gasteiger partial charge in [0.1, 0.15) is 17.8 Å². The fraction of sp³-hybridized carbons (Fsp3) is 0.520. The van der Waals surface area contributed by atoms with Crippen LogP contribution in [-0.2, 0) is 17.6 Å². The molecule has 1 amide bonds. The first-order valence-corrected chi connectivity index (χ1v) is 12.4.